The molecule has 3 rings (SSSR count). The fourth-order valence-corrected chi connectivity index (χ4v) is 4.14. The summed E-state index contributed by atoms with van der Waals surface area (Å²) in [5.74, 6) is -0.733. The van der Waals surface area contributed by atoms with Crippen LogP contribution in [0, 0.1) is 20.8 Å². The van der Waals surface area contributed by atoms with Crippen molar-refractivity contribution in [2.45, 2.75) is 40.7 Å². The summed E-state index contributed by atoms with van der Waals surface area (Å²) in [5, 5.41) is 3.80. The highest BCUT2D eigenvalue weighted by Gasteiger charge is 2.22. The topological polar surface area (TPSA) is 90.3 Å². The SMILES string of the molecule is CCOC(=O)c1c(NC(=O)CCn2cnc3c(C)cccc3c2=O)sc(C)c1C. The van der Waals surface area contributed by atoms with Crippen LogP contribution in [0.15, 0.2) is 29.3 Å². The molecule has 3 aromatic rings. The Morgan fingerprint density at radius 1 is 1.24 bits per heavy atom. The number of carbonyl (C=O) groups is 2. The van der Waals surface area contributed by atoms with Gasteiger partial charge in [0.05, 0.1) is 29.4 Å². The molecule has 2 heterocycles. The molecular formula is C21H23N3O4S. The standard InChI is InChI=1S/C21H23N3O4S/c1-5-28-21(27)17-13(3)14(4)29-19(17)23-16(25)9-10-24-11-22-18-12(2)7-6-8-15(18)20(24)26/h6-8,11H,5,9-10H2,1-4H3,(H,23,25). The van der Waals surface area contributed by atoms with Crippen molar-refractivity contribution in [3.05, 3.63) is 56.4 Å². The van der Waals surface area contributed by atoms with E-state index in [1.165, 1.54) is 22.2 Å². The summed E-state index contributed by atoms with van der Waals surface area (Å²) < 4.78 is 6.53. The van der Waals surface area contributed by atoms with Crippen molar-refractivity contribution in [2.24, 2.45) is 0 Å². The first-order valence-electron chi connectivity index (χ1n) is 9.35. The van der Waals surface area contributed by atoms with Crippen LogP contribution >= 0.6 is 11.3 Å². The molecule has 0 fully saturated rings. The highest BCUT2D eigenvalue weighted by molar-refractivity contribution is 7.16. The quantitative estimate of drug-likeness (QED) is 0.624. The number of amides is 1. The number of ether oxygens (including phenoxy) is 1. The Labute approximate surface area is 172 Å². The fraction of sp³-hybridized carbons (Fsp3) is 0.333. The summed E-state index contributed by atoms with van der Waals surface area (Å²) in [6.07, 6.45) is 1.55. The van der Waals surface area contributed by atoms with Crippen LogP contribution in [0.25, 0.3) is 10.9 Å². The third-order valence-electron chi connectivity index (χ3n) is 4.75. The number of para-hydroxylation sites is 1. The summed E-state index contributed by atoms with van der Waals surface area (Å²) in [6, 6.07) is 5.45. The van der Waals surface area contributed by atoms with Gasteiger partial charge < -0.3 is 10.1 Å². The Hall–Kier alpha value is -3.00. The van der Waals surface area contributed by atoms with Gasteiger partial charge in [-0.25, -0.2) is 9.78 Å². The molecule has 0 saturated heterocycles. The van der Waals surface area contributed by atoms with Crippen LogP contribution in [-0.2, 0) is 16.1 Å². The van der Waals surface area contributed by atoms with Crippen molar-refractivity contribution >= 4 is 39.1 Å². The predicted molar refractivity (Wildman–Crippen MR) is 114 cm³/mol. The Kier molecular flexibility index (Phi) is 6.12. The lowest BCUT2D eigenvalue weighted by Gasteiger charge is -2.09. The van der Waals surface area contributed by atoms with Crippen LogP contribution in [0.1, 0.15) is 39.7 Å². The van der Waals surface area contributed by atoms with Crippen molar-refractivity contribution in [1.82, 2.24) is 9.55 Å². The lowest BCUT2D eigenvalue weighted by Crippen LogP contribution is -2.24. The zero-order valence-electron chi connectivity index (χ0n) is 16.9. The molecule has 1 aromatic carbocycles. The van der Waals surface area contributed by atoms with Gasteiger partial charge >= 0.3 is 5.97 Å². The molecule has 29 heavy (non-hydrogen) atoms. The Morgan fingerprint density at radius 3 is 2.72 bits per heavy atom. The number of aryl methyl sites for hydroxylation is 3. The molecule has 1 N–H and O–H groups in total. The molecule has 0 bridgehead atoms. The zero-order valence-corrected chi connectivity index (χ0v) is 17.7. The number of anilines is 1. The molecule has 152 valence electrons. The molecule has 0 radical (unpaired) electrons. The molecule has 0 unspecified atom stereocenters. The molecule has 8 heteroatoms. The Bertz CT molecular complexity index is 1150. The van der Waals surface area contributed by atoms with E-state index in [9.17, 15) is 14.4 Å². The number of thiophene rings is 1. The number of nitrogens with one attached hydrogen (secondary N) is 1. The van der Waals surface area contributed by atoms with E-state index in [0.29, 0.717) is 21.5 Å². The minimum Gasteiger partial charge on any atom is -0.462 e. The average Bonchev–Trinajstić information content (AvgIpc) is 2.95. The number of hydrogen-bond acceptors (Lipinski definition) is 6. The van der Waals surface area contributed by atoms with Crippen molar-refractivity contribution in [3.8, 4) is 0 Å². The molecule has 7 nitrogen and oxygen atoms in total. The van der Waals surface area contributed by atoms with Gasteiger partial charge in [-0.3, -0.25) is 14.2 Å². The average molecular weight is 413 g/mol. The molecule has 0 aliphatic carbocycles. The molecule has 0 spiro atoms. The summed E-state index contributed by atoms with van der Waals surface area (Å²) in [5.41, 5.74) is 2.61. The van der Waals surface area contributed by atoms with Gasteiger partial charge in [-0.2, -0.15) is 0 Å². The molecule has 0 saturated carbocycles. The van der Waals surface area contributed by atoms with E-state index in [1.54, 1.807) is 13.0 Å². The maximum atomic E-state index is 12.6. The number of aromatic nitrogens is 2. The first-order valence-corrected chi connectivity index (χ1v) is 10.2. The largest absolute Gasteiger partial charge is 0.462 e. The van der Waals surface area contributed by atoms with Gasteiger partial charge in [0, 0.05) is 17.8 Å². The molecule has 0 aliphatic rings. The second kappa shape index (κ2) is 8.57. The van der Waals surface area contributed by atoms with E-state index in [1.807, 2.05) is 32.9 Å². The van der Waals surface area contributed by atoms with Crippen LogP contribution in [0.4, 0.5) is 5.00 Å². The first kappa shape index (κ1) is 20.7. The summed E-state index contributed by atoms with van der Waals surface area (Å²) in [4.78, 5) is 42.6. The monoisotopic (exact) mass is 413 g/mol. The van der Waals surface area contributed by atoms with Crippen LogP contribution in [0.2, 0.25) is 0 Å². The van der Waals surface area contributed by atoms with Gasteiger partial charge in [0.25, 0.3) is 5.56 Å². The van der Waals surface area contributed by atoms with Gasteiger partial charge in [0.2, 0.25) is 5.91 Å². The maximum Gasteiger partial charge on any atom is 0.341 e. The highest BCUT2D eigenvalue weighted by Crippen LogP contribution is 2.33. The van der Waals surface area contributed by atoms with Gasteiger partial charge in [-0.15, -0.1) is 11.3 Å². The number of hydrogen-bond donors (Lipinski definition) is 1. The predicted octanol–water partition coefficient (Wildman–Crippen LogP) is 3.59. The van der Waals surface area contributed by atoms with Crippen molar-refractivity contribution in [1.29, 1.82) is 0 Å². The van der Waals surface area contributed by atoms with E-state index in [0.717, 1.165) is 16.0 Å². The number of fused-ring (bicyclic) bond motifs is 1. The number of carbonyl (C=O) groups excluding carboxylic acids is 2. The molecule has 0 atom stereocenters. The second-order valence-electron chi connectivity index (χ2n) is 6.72. The van der Waals surface area contributed by atoms with Crippen molar-refractivity contribution < 1.29 is 14.3 Å². The Balaban J connectivity index is 1.75. The highest BCUT2D eigenvalue weighted by atomic mass is 32.1. The summed E-state index contributed by atoms with van der Waals surface area (Å²) >= 11 is 1.34. The smallest absolute Gasteiger partial charge is 0.341 e. The number of esters is 1. The first-order chi connectivity index (χ1) is 13.8. The van der Waals surface area contributed by atoms with Gasteiger partial charge in [0.1, 0.15) is 5.00 Å². The van der Waals surface area contributed by atoms with Gasteiger partial charge in [0.15, 0.2) is 0 Å². The summed E-state index contributed by atoms with van der Waals surface area (Å²) in [7, 11) is 0. The van der Waals surface area contributed by atoms with E-state index in [-0.39, 0.29) is 31.0 Å². The van der Waals surface area contributed by atoms with Crippen molar-refractivity contribution in [3.63, 3.8) is 0 Å². The maximum absolute atomic E-state index is 12.6. The van der Waals surface area contributed by atoms with Crippen LogP contribution in [-0.4, -0.2) is 28.0 Å². The van der Waals surface area contributed by atoms with Crippen LogP contribution < -0.4 is 10.9 Å². The van der Waals surface area contributed by atoms with E-state index < -0.39 is 5.97 Å². The number of rotatable bonds is 6. The summed E-state index contributed by atoms with van der Waals surface area (Å²) in [6.45, 7) is 7.81. The van der Waals surface area contributed by atoms with Crippen molar-refractivity contribution in [2.75, 3.05) is 11.9 Å². The van der Waals surface area contributed by atoms with E-state index in [4.69, 9.17) is 4.74 Å². The molecule has 1 amide bonds. The third-order valence-corrected chi connectivity index (χ3v) is 5.88. The van der Waals surface area contributed by atoms with Gasteiger partial charge in [-0.05, 0) is 44.9 Å². The van der Waals surface area contributed by atoms with Crippen LogP contribution in [0.5, 0.6) is 0 Å². The lowest BCUT2D eigenvalue weighted by molar-refractivity contribution is -0.116. The number of nitrogens with zero attached hydrogens (tertiary/aromatic N) is 2. The zero-order chi connectivity index (χ0) is 21.1. The molecular weight excluding hydrogens is 390 g/mol. The normalized spacial score (nSPS) is 10.9. The second-order valence-corrected chi connectivity index (χ2v) is 7.94. The number of benzene rings is 1. The van der Waals surface area contributed by atoms with Gasteiger partial charge in [-0.1, -0.05) is 12.1 Å². The minimum atomic E-state index is -0.449. The molecule has 2 aromatic heterocycles. The van der Waals surface area contributed by atoms with Crippen LogP contribution in [0.3, 0.4) is 0 Å². The molecule has 0 aliphatic heterocycles. The van der Waals surface area contributed by atoms with E-state index >= 15 is 0 Å². The third kappa shape index (κ3) is 4.22. The minimum absolute atomic E-state index is 0.0805. The lowest BCUT2D eigenvalue weighted by atomic mass is 10.1. The van der Waals surface area contributed by atoms with E-state index in [2.05, 4.69) is 10.3 Å². The Morgan fingerprint density at radius 2 is 2.00 bits per heavy atom. The fourth-order valence-electron chi connectivity index (χ4n) is 3.07.